The topological polar surface area (TPSA) is 54.5 Å². The lowest BCUT2D eigenvalue weighted by molar-refractivity contribution is 0.0588. The predicted molar refractivity (Wildman–Crippen MR) is 88.2 cm³/mol. The van der Waals surface area contributed by atoms with Gasteiger partial charge in [-0.1, -0.05) is 37.3 Å². The number of carbonyl (C=O) groups is 1. The predicted octanol–water partition coefficient (Wildman–Crippen LogP) is 2.86. The maximum absolute atomic E-state index is 12.3. The maximum atomic E-state index is 12.3. The fourth-order valence-corrected chi connectivity index (χ4v) is 2.92. The number of likely N-dealkylation sites (tertiary alicyclic amines) is 1. The summed E-state index contributed by atoms with van der Waals surface area (Å²) in [5, 5.41) is 2.92. The highest BCUT2D eigenvalue weighted by molar-refractivity contribution is 5.75. The van der Waals surface area contributed by atoms with Crippen molar-refractivity contribution in [2.45, 2.75) is 13.0 Å². The van der Waals surface area contributed by atoms with E-state index in [1.807, 2.05) is 35.2 Å². The Kier molecular flexibility index (Phi) is 4.76. The summed E-state index contributed by atoms with van der Waals surface area (Å²) in [6, 6.07) is 14.0. The average molecular weight is 311 g/mol. The first-order chi connectivity index (χ1) is 11.3. The molecule has 0 aliphatic carbocycles. The van der Waals surface area contributed by atoms with E-state index >= 15 is 0 Å². The minimum atomic E-state index is -0.0354. The molecule has 1 saturated heterocycles. The Labute approximate surface area is 136 Å². The number of urea groups is 1. The largest absolute Gasteiger partial charge is 0.490 e. The van der Waals surface area contributed by atoms with E-state index in [4.69, 9.17) is 4.74 Å². The van der Waals surface area contributed by atoms with Crippen LogP contribution in [-0.4, -0.2) is 35.6 Å². The van der Waals surface area contributed by atoms with E-state index in [0.29, 0.717) is 24.8 Å². The molecule has 0 saturated carbocycles. The quantitative estimate of drug-likeness (QED) is 0.864. The van der Waals surface area contributed by atoms with Gasteiger partial charge in [0.15, 0.2) is 0 Å². The SMILES string of the molecule is CC1CN(C(=O)NCCOc2cccnc2)C1c1ccccc1. The van der Waals surface area contributed by atoms with Gasteiger partial charge in [-0.2, -0.15) is 0 Å². The highest BCUT2D eigenvalue weighted by Crippen LogP contribution is 2.38. The molecule has 1 aliphatic rings. The van der Waals surface area contributed by atoms with E-state index < -0.39 is 0 Å². The van der Waals surface area contributed by atoms with Crippen molar-refractivity contribution < 1.29 is 9.53 Å². The first kappa shape index (κ1) is 15.3. The minimum Gasteiger partial charge on any atom is -0.490 e. The number of rotatable bonds is 5. The zero-order valence-electron chi connectivity index (χ0n) is 13.2. The lowest BCUT2D eigenvalue weighted by Crippen LogP contribution is -2.55. The molecule has 23 heavy (non-hydrogen) atoms. The highest BCUT2D eigenvalue weighted by Gasteiger charge is 2.39. The number of pyridine rings is 1. The molecule has 1 aliphatic heterocycles. The van der Waals surface area contributed by atoms with Gasteiger partial charge in [0.1, 0.15) is 12.4 Å². The van der Waals surface area contributed by atoms with Crippen LogP contribution in [-0.2, 0) is 0 Å². The van der Waals surface area contributed by atoms with Crippen LogP contribution in [0.1, 0.15) is 18.5 Å². The standard InChI is InChI=1S/C18H21N3O2/c1-14-13-21(17(14)15-6-3-2-4-7-15)18(22)20-10-11-23-16-8-5-9-19-12-16/h2-9,12,14,17H,10-11,13H2,1H3,(H,20,22). The lowest BCUT2D eigenvalue weighted by Gasteiger charge is -2.46. The molecule has 2 heterocycles. The van der Waals surface area contributed by atoms with E-state index in [2.05, 4.69) is 29.4 Å². The summed E-state index contributed by atoms with van der Waals surface area (Å²) in [4.78, 5) is 18.2. The number of nitrogens with one attached hydrogen (secondary N) is 1. The third-order valence-electron chi connectivity index (χ3n) is 4.04. The second-order valence-corrected chi connectivity index (χ2v) is 5.75. The third-order valence-corrected chi connectivity index (χ3v) is 4.04. The van der Waals surface area contributed by atoms with Crippen LogP contribution in [0, 0.1) is 5.92 Å². The molecule has 5 heteroatoms. The molecule has 1 aromatic heterocycles. The summed E-state index contributed by atoms with van der Waals surface area (Å²) in [6.45, 7) is 3.86. The van der Waals surface area contributed by atoms with Crippen LogP contribution in [0.2, 0.25) is 0 Å². The zero-order chi connectivity index (χ0) is 16.1. The number of hydrogen-bond donors (Lipinski definition) is 1. The van der Waals surface area contributed by atoms with Crippen molar-refractivity contribution in [3.63, 3.8) is 0 Å². The summed E-state index contributed by atoms with van der Waals surface area (Å²) in [6.07, 6.45) is 3.35. The van der Waals surface area contributed by atoms with Crippen molar-refractivity contribution in [2.24, 2.45) is 5.92 Å². The molecule has 1 fully saturated rings. The number of ether oxygens (including phenoxy) is 1. The molecule has 2 aromatic rings. The Balaban J connectivity index is 1.47. The Bertz CT molecular complexity index is 633. The summed E-state index contributed by atoms with van der Waals surface area (Å²) < 4.78 is 5.52. The van der Waals surface area contributed by atoms with Crippen molar-refractivity contribution in [1.29, 1.82) is 0 Å². The van der Waals surface area contributed by atoms with Crippen LogP contribution < -0.4 is 10.1 Å². The smallest absolute Gasteiger partial charge is 0.318 e. The Morgan fingerprint density at radius 2 is 2.13 bits per heavy atom. The molecule has 3 rings (SSSR count). The summed E-state index contributed by atoms with van der Waals surface area (Å²) in [5.74, 6) is 1.19. The van der Waals surface area contributed by atoms with Crippen molar-refractivity contribution in [3.8, 4) is 5.75 Å². The minimum absolute atomic E-state index is 0.0354. The number of hydrogen-bond acceptors (Lipinski definition) is 3. The molecule has 2 amide bonds. The Morgan fingerprint density at radius 1 is 1.30 bits per heavy atom. The summed E-state index contributed by atoms with van der Waals surface area (Å²) >= 11 is 0. The molecular formula is C18H21N3O2. The van der Waals surface area contributed by atoms with Gasteiger partial charge in [-0.05, 0) is 23.6 Å². The van der Waals surface area contributed by atoms with E-state index in [9.17, 15) is 4.79 Å². The van der Waals surface area contributed by atoms with Gasteiger partial charge in [-0.15, -0.1) is 0 Å². The molecule has 2 atom stereocenters. The van der Waals surface area contributed by atoms with Crippen LogP contribution in [0.4, 0.5) is 4.79 Å². The van der Waals surface area contributed by atoms with Crippen molar-refractivity contribution in [2.75, 3.05) is 19.7 Å². The van der Waals surface area contributed by atoms with Gasteiger partial charge in [0.2, 0.25) is 0 Å². The summed E-state index contributed by atoms with van der Waals surface area (Å²) in [5.41, 5.74) is 1.19. The normalized spacial score (nSPS) is 19.8. The van der Waals surface area contributed by atoms with Gasteiger partial charge >= 0.3 is 6.03 Å². The monoisotopic (exact) mass is 311 g/mol. The van der Waals surface area contributed by atoms with Crippen molar-refractivity contribution in [1.82, 2.24) is 15.2 Å². The maximum Gasteiger partial charge on any atom is 0.318 e. The van der Waals surface area contributed by atoms with Crippen LogP contribution >= 0.6 is 0 Å². The summed E-state index contributed by atoms with van der Waals surface area (Å²) in [7, 11) is 0. The van der Waals surface area contributed by atoms with Gasteiger partial charge in [0, 0.05) is 12.7 Å². The van der Waals surface area contributed by atoms with Gasteiger partial charge in [0.25, 0.3) is 0 Å². The number of amides is 2. The molecule has 1 aromatic carbocycles. The van der Waals surface area contributed by atoms with Crippen LogP contribution in [0.5, 0.6) is 5.75 Å². The highest BCUT2D eigenvalue weighted by atomic mass is 16.5. The van der Waals surface area contributed by atoms with E-state index in [1.54, 1.807) is 12.4 Å². The van der Waals surface area contributed by atoms with Crippen LogP contribution in [0.15, 0.2) is 54.9 Å². The average Bonchev–Trinajstić information content (AvgIpc) is 2.58. The number of carbonyl (C=O) groups excluding carboxylic acids is 1. The first-order valence-electron chi connectivity index (χ1n) is 7.88. The molecule has 120 valence electrons. The van der Waals surface area contributed by atoms with E-state index in [-0.39, 0.29) is 12.1 Å². The van der Waals surface area contributed by atoms with Crippen LogP contribution in [0.3, 0.4) is 0 Å². The fourth-order valence-electron chi connectivity index (χ4n) is 2.92. The molecule has 0 radical (unpaired) electrons. The molecule has 2 unspecified atom stereocenters. The Hall–Kier alpha value is -2.56. The van der Waals surface area contributed by atoms with Gasteiger partial charge in [-0.25, -0.2) is 4.79 Å². The van der Waals surface area contributed by atoms with Crippen molar-refractivity contribution >= 4 is 6.03 Å². The number of aromatic nitrogens is 1. The first-order valence-corrected chi connectivity index (χ1v) is 7.88. The van der Waals surface area contributed by atoms with Crippen LogP contribution in [0.25, 0.3) is 0 Å². The molecule has 0 spiro atoms. The molecule has 1 N–H and O–H groups in total. The number of benzene rings is 1. The van der Waals surface area contributed by atoms with Gasteiger partial charge in [-0.3, -0.25) is 4.98 Å². The van der Waals surface area contributed by atoms with Gasteiger partial charge in [0.05, 0.1) is 18.8 Å². The zero-order valence-corrected chi connectivity index (χ0v) is 13.2. The molecule has 5 nitrogen and oxygen atoms in total. The molecule has 0 bridgehead atoms. The number of nitrogens with zero attached hydrogens (tertiary/aromatic N) is 2. The van der Waals surface area contributed by atoms with Gasteiger partial charge < -0.3 is 15.0 Å². The molecular weight excluding hydrogens is 290 g/mol. The van der Waals surface area contributed by atoms with E-state index in [1.165, 1.54) is 5.56 Å². The Morgan fingerprint density at radius 3 is 2.83 bits per heavy atom. The van der Waals surface area contributed by atoms with Crippen molar-refractivity contribution in [3.05, 3.63) is 60.4 Å². The third kappa shape index (κ3) is 3.62. The second-order valence-electron chi connectivity index (χ2n) is 5.75. The lowest BCUT2D eigenvalue weighted by atomic mass is 9.85. The van der Waals surface area contributed by atoms with E-state index in [0.717, 1.165) is 6.54 Å². The second kappa shape index (κ2) is 7.13. The fraction of sp³-hybridized carbons (Fsp3) is 0.333.